The van der Waals surface area contributed by atoms with E-state index in [1.54, 1.807) is 23.5 Å². The van der Waals surface area contributed by atoms with E-state index in [-0.39, 0.29) is 11.8 Å². The van der Waals surface area contributed by atoms with Crippen LogP contribution >= 0.6 is 11.3 Å². The van der Waals surface area contributed by atoms with Gasteiger partial charge in [0.1, 0.15) is 5.82 Å². The first-order valence-electron chi connectivity index (χ1n) is 8.95. The molecule has 0 saturated heterocycles. The molecule has 2 amide bonds. The van der Waals surface area contributed by atoms with E-state index in [0.717, 1.165) is 24.8 Å². The summed E-state index contributed by atoms with van der Waals surface area (Å²) >= 11 is 1.74. The van der Waals surface area contributed by atoms with Gasteiger partial charge in [0.2, 0.25) is 0 Å². The number of urea groups is 1. The third-order valence-corrected chi connectivity index (χ3v) is 5.76. The summed E-state index contributed by atoms with van der Waals surface area (Å²) in [6.45, 7) is 1.14. The van der Waals surface area contributed by atoms with Crippen LogP contribution in [0.1, 0.15) is 24.0 Å². The fourth-order valence-corrected chi connectivity index (χ4v) is 4.17. The van der Waals surface area contributed by atoms with E-state index in [9.17, 15) is 9.18 Å². The molecule has 1 aromatic heterocycles. The number of rotatable bonds is 6. The van der Waals surface area contributed by atoms with Crippen molar-refractivity contribution in [2.24, 2.45) is 0 Å². The maximum atomic E-state index is 13.1. The molecule has 0 spiro atoms. The van der Waals surface area contributed by atoms with Crippen molar-refractivity contribution in [3.05, 3.63) is 70.9 Å². The van der Waals surface area contributed by atoms with E-state index in [1.807, 2.05) is 11.0 Å². The molecular formula is C21H21FN2OS. The average molecular weight is 368 g/mol. The zero-order chi connectivity index (χ0) is 17.9. The van der Waals surface area contributed by atoms with Gasteiger partial charge < -0.3 is 10.2 Å². The largest absolute Gasteiger partial charge is 0.338 e. The highest BCUT2D eigenvalue weighted by molar-refractivity contribution is 7.17. The number of nitrogens with one attached hydrogen (secondary N) is 1. The molecule has 3 nitrogen and oxygen atoms in total. The van der Waals surface area contributed by atoms with Crippen molar-refractivity contribution in [3.8, 4) is 0 Å². The number of thiophene rings is 1. The number of hydrogen-bond acceptors (Lipinski definition) is 2. The van der Waals surface area contributed by atoms with Crippen LogP contribution in [0.4, 0.5) is 9.18 Å². The molecule has 134 valence electrons. The van der Waals surface area contributed by atoms with Crippen molar-refractivity contribution < 1.29 is 9.18 Å². The Morgan fingerprint density at radius 2 is 1.92 bits per heavy atom. The summed E-state index contributed by atoms with van der Waals surface area (Å²) in [5, 5.41) is 6.51. The van der Waals surface area contributed by atoms with E-state index >= 15 is 0 Å². The molecule has 1 saturated carbocycles. The van der Waals surface area contributed by atoms with Crippen LogP contribution in [0.15, 0.2) is 53.9 Å². The minimum Gasteiger partial charge on any atom is -0.338 e. The predicted molar refractivity (Wildman–Crippen MR) is 104 cm³/mol. The number of fused-ring (bicyclic) bond motifs is 1. The summed E-state index contributed by atoms with van der Waals surface area (Å²) in [5.41, 5.74) is 2.24. The zero-order valence-corrected chi connectivity index (χ0v) is 15.3. The summed E-state index contributed by atoms with van der Waals surface area (Å²) in [4.78, 5) is 14.5. The van der Waals surface area contributed by atoms with Crippen LogP contribution in [0.3, 0.4) is 0 Å². The number of amides is 2. The number of carbonyl (C=O) groups excluding carboxylic acids is 1. The second kappa shape index (κ2) is 7.46. The Bertz CT molecular complexity index is 902. The van der Waals surface area contributed by atoms with Crippen LogP contribution in [-0.4, -0.2) is 23.5 Å². The molecule has 3 aromatic rings. The first kappa shape index (κ1) is 17.0. The summed E-state index contributed by atoms with van der Waals surface area (Å²) in [6, 6.07) is 15.0. The van der Waals surface area contributed by atoms with Gasteiger partial charge in [0.15, 0.2) is 0 Å². The highest BCUT2D eigenvalue weighted by Gasteiger charge is 2.32. The van der Waals surface area contributed by atoms with Crippen molar-refractivity contribution >= 4 is 27.5 Å². The van der Waals surface area contributed by atoms with Gasteiger partial charge in [-0.1, -0.05) is 30.3 Å². The van der Waals surface area contributed by atoms with E-state index in [2.05, 4.69) is 28.9 Å². The molecule has 2 aromatic carbocycles. The van der Waals surface area contributed by atoms with Gasteiger partial charge in [-0.2, -0.15) is 0 Å². The Morgan fingerprint density at radius 1 is 1.15 bits per heavy atom. The maximum Gasteiger partial charge on any atom is 0.317 e. The van der Waals surface area contributed by atoms with Gasteiger partial charge in [-0.25, -0.2) is 9.18 Å². The lowest BCUT2D eigenvalue weighted by Crippen LogP contribution is -2.41. The molecule has 0 atom stereocenters. The van der Waals surface area contributed by atoms with Crippen LogP contribution in [0, 0.1) is 5.82 Å². The first-order valence-corrected chi connectivity index (χ1v) is 9.83. The molecule has 0 unspecified atom stereocenters. The number of carbonyl (C=O) groups is 1. The lowest BCUT2D eigenvalue weighted by Gasteiger charge is -2.23. The predicted octanol–water partition coefficient (Wildman–Crippen LogP) is 4.96. The van der Waals surface area contributed by atoms with Gasteiger partial charge in [0.25, 0.3) is 0 Å². The Kier molecular flexibility index (Phi) is 4.89. The van der Waals surface area contributed by atoms with Crippen molar-refractivity contribution in [2.45, 2.75) is 31.8 Å². The van der Waals surface area contributed by atoms with Crippen LogP contribution in [0.2, 0.25) is 0 Å². The number of hydrogen-bond donors (Lipinski definition) is 1. The van der Waals surface area contributed by atoms with Crippen LogP contribution in [0.25, 0.3) is 10.1 Å². The monoisotopic (exact) mass is 368 g/mol. The topological polar surface area (TPSA) is 32.3 Å². The summed E-state index contributed by atoms with van der Waals surface area (Å²) in [7, 11) is 0. The number of halogens is 1. The SMILES string of the molecule is O=C(NCCc1csc2ccccc12)N(Cc1ccc(F)cc1)C1CC1. The third kappa shape index (κ3) is 3.88. The van der Waals surface area contributed by atoms with Crippen LogP contribution in [-0.2, 0) is 13.0 Å². The highest BCUT2D eigenvalue weighted by Crippen LogP contribution is 2.29. The minimum atomic E-state index is -0.251. The van der Waals surface area contributed by atoms with E-state index in [0.29, 0.717) is 19.1 Å². The Labute approximate surface area is 156 Å². The van der Waals surface area contributed by atoms with E-state index in [1.165, 1.54) is 27.8 Å². The van der Waals surface area contributed by atoms with Crippen LogP contribution < -0.4 is 5.32 Å². The summed E-state index contributed by atoms with van der Waals surface area (Å²) in [5.74, 6) is -0.251. The molecule has 0 radical (unpaired) electrons. The molecule has 1 fully saturated rings. The Balaban J connectivity index is 1.35. The van der Waals surface area contributed by atoms with Gasteiger partial charge in [-0.15, -0.1) is 11.3 Å². The van der Waals surface area contributed by atoms with Gasteiger partial charge in [0.05, 0.1) is 0 Å². The zero-order valence-electron chi connectivity index (χ0n) is 14.5. The van der Waals surface area contributed by atoms with Crippen molar-refractivity contribution in [2.75, 3.05) is 6.54 Å². The van der Waals surface area contributed by atoms with Gasteiger partial charge >= 0.3 is 6.03 Å². The number of benzene rings is 2. The summed E-state index contributed by atoms with van der Waals surface area (Å²) in [6.07, 6.45) is 2.92. The molecule has 1 aliphatic carbocycles. The third-order valence-electron chi connectivity index (χ3n) is 4.75. The molecule has 0 bridgehead atoms. The van der Waals surface area contributed by atoms with E-state index < -0.39 is 0 Å². The molecule has 26 heavy (non-hydrogen) atoms. The van der Waals surface area contributed by atoms with Gasteiger partial charge in [0, 0.05) is 23.8 Å². The molecule has 0 aliphatic heterocycles. The molecule has 1 N–H and O–H groups in total. The van der Waals surface area contributed by atoms with Gasteiger partial charge in [-0.3, -0.25) is 0 Å². The lowest BCUT2D eigenvalue weighted by atomic mass is 10.1. The average Bonchev–Trinajstić information content (AvgIpc) is 3.42. The van der Waals surface area contributed by atoms with Crippen molar-refractivity contribution in [1.29, 1.82) is 0 Å². The standard InChI is InChI=1S/C21H21FN2OS/c22-17-7-5-15(6-8-17)13-24(18-9-10-18)21(25)23-12-11-16-14-26-20-4-2-1-3-19(16)20/h1-8,14,18H,9-13H2,(H,23,25). The normalized spacial score (nSPS) is 13.7. The molecule has 1 aliphatic rings. The molecule has 1 heterocycles. The molecular weight excluding hydrogens is 347 g/mol. The first-order chi connectivity index (χ1) is 12.7. The summed E-state index contributed by atoms with van der Waals surface area (Å²) < 4.78 is 14.4. The minimum absolute atomic E-state index is 0.0311. The Hall–Kier alpha value is -2.40. The lowest BCUT2D eigenvalue weighted by molar-refractivity contribution is 0.192. The number of nitrogens with zero attached hydrogens (tertiary/aromatic N) is 1. The fourth-order valence-electron chi connectivity index (χ4n) is 3.17. The molecule has 4 rings (SSSR count). The van der Waals surface area contributed by atoms with Crippen LogP contribution in [0.5, 0.6) is 0 Å². The Morgan fingerprint density at radius 3 is 2.69 bits per heavy atom. The fraction of sp³-hybridized carbons (Fsp3) is 0.286. The smallest absolute Gasteiger partial charge is 0.317 e. The van der Waals surface area contributed by atoms with Crippen molar-refractivity contribution in [1.82, 2.24) is 10.2 Å². The molecule has 5 heteroatoms. The quantitative estimate of drug-likeness (QED) is 0.655. The van der Waals surface area contributed by atoms with E-state index in [4.69, 9.17) is 0 Å². The van der Waals surface area contributed by atoms with Gasteiger partial charge in [-0.05, 0) is 59.4 Å². The second-order valence-electron chi connectivity index (χ2n) is 6.72. The highest BCUT2D eigenvalue weighted by atomic mass is 32.1. The second-order valence-corrected chi connectivity index (χ2v) is 7.64. The van der Waals surface area contributed by atoms with Crippen molar-refractivity contribution in [3.63, 3.8) is 0 Å². The maximum absolute atomic E-state index is 13.1.